The van der Waals surface area contributed by atoms with Crippen LogP contribution in [0.3, 0.4) is 0 Å². The van der Waals surface area contributed by atoms with Gasteiger partial charge in [-0.05, 0) is 31.6 Å². The van der Waals surface area contributed by atoms with Crippen LogP contribution in [0.2, 0.25) is 0 Å². The summed E-state index contributed by atoms with van der Waals surface area (Å²) >= 11 is 0. The van der Waals surface area contributed by atoms with Crippen molar-refractivity contribution in [3.8, 4) is 0 Å². The predicted octanol–water partition coefficient (Wildman–Crippen LogP) is 1.56. The normalized spacial score (nSPS) is 43.5. The molecule has 2 heterocycles. The molecule has 1 amide bonds. The summed E-state index contributed by atoms with van der Waals surface area (Å²) < 4.78 is 5.65. The molecule has 5 nitrogen and oxygen atoms in total. The Labute approximate surface area is 119 Å². The number of fused-ring (bicyclic) bond motifs is 2. The second-order valence-corrected chi connectivity index (χ2v) is 6.56. The van der Waals surface area contributed by atoms with Crippen molar-refractivity contribution in [2.24, 2.45) is 17.8 Å². The van der Waals surface area contributed by atoms with Gasteiger partial charge in [0, 0.05) is 6.04 Å². The van der Waals surface area contributed by atoms with Gasteiger partial charge >= 0.3 is 5.97 Å². The maximum Gasteiger partial charge on any atom is 0.310 e. The molecule has 2 saturated heterocycles. The Kier molecular flexibility index (Phi) is 3.71. The number of amides is 1. The third-order valence-corrected chi connectivity index (χ3v) is 5.30. The van der Waals surface area contributed by atoms with E-state index in [9.17, 15) is 14.7 Å². The number of hydrogen-bond acceptors (Lipinski definition) is 3. The Morgan fingerprint density at radius 1 is 1.05 bits per heavy atom. The minimum absolute atomic E-state index is 0.108. The van der Waals surface area contributed by atoms with Crippen LogP contribution in [0.1, 0.15) is 45.4 Å². The van der Waals surface area contributed by atoms with Gasteiger partial charge < -0.3 is 15.2 Å². The maximum absolute atomic E-state index is 12.5. The Morgan fingerprint density at radius 3 is 2.35 bits per heavy atom. The molecule has 0 aromatic rings. The number of nitrogens with one attached hydrogen (secondary N) is 1. The predicted molar refractivity (Wildman–Crippen MR) is 72.1 cm³/mol. The first kappa shape index (κ1) is 13.9. The summed E-state index contributed by atoms with van der Waals surface area (Å²) in [6.45, 7) is 2.16. The van der Waals surface area contributed by atoms with Gasteiger partial charge in [0.2, 0.25) is 5.91 Å². The Hall–Kier alpha value is -1.10. The van der Waals surface area contributed by atoms with Gasteiger partial charge in [0.15, 0.2) is 0 Å². The van der Waals surface area contributed by atoms with Gasteiger partial charge in [0.25, 0.3) is 0 Å². The third-order valence-electron chi connectivity index (χ3n) is 5.30. The molecule has 5 heteroatoms. The smallest absolute Gasteiger partial charge is 0.310 e. The van der Waals surface area contributed by atoms with Crippen LogP contribution >= 0.6 is 0 Å². The first-order valence-corrected chi connectivity index (χ1v) is 7.76. The summed E-state index contributed by atoms with van der Waals surface area (Å²) in [5.41, 5.74) is 0. The molecule has 3 rings (SSSR count). The first-order chi connectivity index (χ1) is 9.58. The molecule has 2 aliphatic heterocycles. The van der Waals surface area contributed by atoms with Crippen molar-refractivity contribution < 1.29 is 19.4 Å². The van der Waals surface area contributed by atoms with E-state index >= 15 is 0 Å². The topological polar surface area (TPSA) is 75.6 Å². The molecule has 112 valence electrons. The minimum Gasteiger partial charge on any atom is -0.481 e. The van der Waals surface area contributed by atoms with E-state index < -0.39 is 17.8 Å². The molecule has 1 aliphatic carbocycles. The Bertz CT molecular complexity index is 411. The molecule has 2 bridgehead atoms. The van der Waals surface area contributed by atoms with Gasteiger partial charge in [-0.3, -0.25) is 9.59 Å². The van der Waals surface area contributed by atoms with Crippen LogP contribution < -0.4 is 5.32 Å². The van der Waals surface area contributed by atoms with E-state index in [0.717, 1.165) is 32.1 Å². The van der Waals surface area contributed by atoms with Gasteiger partial charge in [0.05, 0.1) is 24.0 Å². The van der Waals surface area contributed by atoms with Crippen molar-refractivity contribution in [1.29, 1.82) is 0 Å². The highest BCUT2D eigenvalue weighted by atomic mass is 16.5. The van der Waals surface area contributed by atoms with E-state index in [1.165, 1.54) is 6.42 Å². The zero-order valence-electron chi connectivity index (χ0n) is 11.9. The molecule has 2 N–H and O–H groups in total. The monoisotopic (exact) mass is 281 g/mol. The molecule has 0 radical (unpaired) electrons. The second-order valence-electron chi connectivity index (χ2n) is 6.56. The number of ether oxygens (including phenoxy) is 1. The van der Waals surface area contributed by atoms with Gasteiger partial charge in [-0.25, -0.2) is 0 Å². The summed E-state index contributed by atoms with van der Waals surface area (Å²) in [7, 11) is 0. The molecule has 0 aromatic heterocycles. The van der Waals surface area contributed by atoms with E-state index in [-0.39, 0.29) is 24.2 Å². The summed E-state index contributed by atoms with van der Waals surface area (Å²) in [5, 5.41) is 12.5. The fourth-order valence-electron chi connectivity index (χ4n) is 4.13. The number of carboxylic acid groups (broad SMARTS) is 1. The summed E-state index contributed by atoms with van der Waals surface area (Å²) in [6.07, 6.45) is 5.63. The molecule has 20 heavy (non-hydrogen) atoms. The maximum atomic E-state index is 12.5. The summed E-state index contributed by atoms with van der Waals surface area (Å²) in [5.74, 6) is -1.68. The first-order valence-electron chi connectivity index (χ1n) is 7.76. The van der Waals surface area contributed by atoms with Crippen molar-refractivity contribution >= 4 is 11.9 Å². The van der Waals surface area contributed by atoms with Gasteiger partial charge in [-0.1, -0.05) is 19.8 Å². The molecule has 3 aliphatic rings. The number of hydrogen-bond donors (Lipinski definition) is 2. The molecule has 6 atom stereocenters. The molecule has 0 aromatic carbocycles. The fraction of sp³-hybridized carbons (Fsp3) is 0.867. The number of carbonyl (C=O) groups excluding carboxylic acids is 1. The number of aliphatic carboxylic acids is 1. The Balaban J connectivity index is 1.68. The van der Waals surface area contributed by atoms with Crippen LogP contribution in [-0.4, -0.2) is 35.2 Å². The van der Waals surface area contributed by atoms with E-state index in [1.807, 2.05) is 0 Å². The van der Waals surface area contributed by atoms with E-state index in [0.29, 0.717) is 5.92 Å². The van der Waals surface area contributed by atoms with Crippen LogP contribution in [0.5, 0.6) is 0 Å². The molecular weight excluding hydrogens is 258 g/mol. The molecule has 0 unspecified atom stereocenters. The SMILES string of the molecule is C[C@H]1CCCC[C@@H]1NC(=O)[C@H]1[C@@H](C(=O)O)[C@H]2CC[C@@H]1O2. The standard InChI is InChI=1S/C15H23NO4/c1-8-4-2-3-5-9(8)16-14(17)12-10-6-7-11(20-10)13(12)15(18)19/h8-13H,2-7H2,1H3,(H,16,17)(H,18,19)/t8-,9-,10-,11+,12+,13-/m0/s1. The third kappa shape index (κ3) is 2.32. The summed E-state index contributed by atoms with van der Waals surface area (Å²) in [6, 6.07) is 0.199. The van der Waals surface area contributed by atoms with Crippen LogP contribution in [0.15, 0.2) is 0 Å². The van der Waals surface area contributed by atoms with E-state index in [1.54, 1.807) is 0 Å². The lowest BCUT2D eigenvalue weighted by molar-refractivity contribution is -0.148. The lowest BCUT2D eigenvalue weighted by Crippen LogP contribution is -2.49. The highest BCUT2D eigenvalue weighted by molar-refractivity contribution is 5.86. The largest absolute Gasteiger partial charge is 0.481 e. The molecular formula is C15H23NO4. The summed E-state index contributed by atoms with van der Waals surface area (Å²) in [4.78, 5) is 23.9. The van der Waals surface area contributed by atoms with Crippen LogP contribution in [-0.2, 0) is 14.3 Å². The molecule has 1 saturated carbocycles. The van der Waals surface area contributed by atoms with Crippen molar-refractivity contribution in [1.82, 2.24) is 5.32 Å². The van der Waals surface area contributed by atoms with Crippen molar-refractivity contribution in [2.45, 2.75) is 63.7 Å². The average molecular weight is 281 g/mol. The quantitative estimate of drug-likeness (QED) is 0.823. The van der Waals surface area contributed by atoms with Crippen molar-refractivity contribution in [3.63, 3.8) is 0 Å². The number of carboxylic acids is 1. The van der Waals surface area contributed by atoms with Crippen molar-refractivity contribution in [2.75, 3.05) is 0 Å². The zero-order valence-corrected chi connectivity index (χ0v) is 11.9. The highest BCUT2D eigenvalue weighted by Gasteiger charge is 2.55. The lowest BCUT2D eigenvalue weighted by atomic mass is 9.78. The lowest BCUT2D eigenvalue weighted by Gasteiger charge is -2.32. The molecule has 3 fully saturated rings. The van der Waals surface area contributed by atoms with E-state index in [2.05, 4.69) is 12.2 Å². The Morgan fingerprint density at radius 2 is 1.70 bits per heavy atom. The molecule has 0 spiro atoms. The fourth-order valence-corrected chi connectivity index (χ4v) is 4.13. The van der Waals surface area contributed by atoms with Gasteiger partial charge in [-0.15, -0.1) is 0 Å². The van der Waals surface area contributed by atoms with Gasteiger partial charge in [0.1, 0.15) is 0 Å². The second kappa shape index (κ2) is 5.35. The van der Waals surface area contributed by atoms with Crippen LogP contribution in [0, 0.1) is 17.8 Å². The van der Waals surface area contributed by atoms with Gasteiger partial charge in [-0.2, -0.15) is 0 Å². The van der Waals surface area contributed by atoms with Crippen LogP contribution in [0.4, 0.5) is 0 Å². The average Bonchev–Trinajstić information content (AvgIpc) is 3.01. The number of carbonyl (C=O) groups is 2. The minimum atomic E-state index is -0.894. The highest BCUT2D eigenvalue weighted by Crippen LogP contribution is 2.43. The van der Waals surface area contributed by atoms with Crippen LogP contribution in [0.25, 0.3) is 0 Å². The zero-order chi connectivity index (χ0) is 14.3. The number of rotatable bonds is 3. The van der Waals surface area contributed by atoms with E-state index in [4.69, 9.17) is 4.74 Å². The van der Waals surface area contributed by atoms with Crippen molar-refractivity contribution in [3.05, 3.63) is 0 Å².